The van der Waals surface area contributed by atoms with Crippen molar-refractivity contribution in [3.63, 3.8) is 0 Å². The van der Waals surface area contributed by atoms with Crippen molar-refractivity contribution in [2.75, 3.05) is 0 Å². The lowest BCUT2D eigenvalue weighted by atomic mass is 10.2. The summed E-state index contributed by atoms with van der Waals surface area (Å²) < 4.78 is 1.64. The Kier molecular flexibility index (Phi) is 2.03. The number of hydrogen-bond acceptors (Lipinski definition) is 3. The highest BCUT2D eigenvalue weighted by Gasteiger charge is 2.35. The van der Waals surface area contributed by atoms with Gasteiger partial charge in [-0.25, -0.2) is 0 Å². The van der Waals surface area contributed by atoms with E-state index in [0.29, 0.717) is 5.69 Å². The Morgan fingerprint density at radius 1 is 1.79 bits per heavy atom. The van der Waals surface area contributed by atoms with Crippen LogP contribution in [0, 0.1) is 6.92 Å². The number of carbonyl (C=O) groups is 1. The largest absolute Gasteiger partial charge is 0.346 e. The van der Waals surface area contributed by atoms with E-state index in [2.05, 4.69) is 10.4 Å². The predicted molar refractivity (Wildman–Crippen MR) is 51.8 cm³/mol. The number of aryl methyl sites for hydroxylation is 2. The summed E-state index contributed by atoms with van der Waals surface area (Å²) in [5, 5.41) is 6.91. The molecule has 76 valence electrons. The molecule has 5 heteroatoms. The summed E-state index contributed by atoms with van der Waals surface area (Å²) in [5.74, 6) is -0.124. The fourth-order valence-corrected chi connectivity index (χ4v) is 1.45. The fraction of sp³-hybridized carbons (Fsp3) is 0.556. The minimum atomic E-state index is -0.124. The third-order valence-electron chi connectivity index (χ3n) is 2.38. The van der Waals surface area contributed by atoms with Crippen molar-refractivity contribution in [2.45, 2.75) is 25.4 Å². The quantitative estimate of drug-likeness (QED) is 0.670. The summed E-state index contributed by atoms with van der Waals surface area (Å²) in [4.78, 5) is 11.6. The number of nitrogens with one attached hydrogen (secondary N) is 1. The first kappa shape index (κ1) is 9.21. The molecular formula is C9H14N4O. The lowest BCUT2D eigenvalue weighted by Crippen LogP contribution is -2.30. The number of nitrogens with two attached hydrogens (primary N) is 1. The van der Waals surface area contributed by atoms with E-state index < -0.39 is 0 Å². The zero-order chi connectivity index (χ0) is 10.3. The van der Waals surface area contributed by atoms with Crippen molar-refractivity contribution >= 4 is 5.91 Å². The van der Waals surface area contributed by atoms with Crippen molar-refractivity contribution < 1.29 is 4.79 Å². The molecule has 1 aliphatic rings. The molecule has 1 amide bonds. The molecule has 0 bridgehead atoms. The third-order valence-corrected chi connectivity index (χ3v) is 2.38. The van der Waals surface area contributed by atoms with Crippen LogP contribution in [0.4, 0.5) is 0 Å². The van der Waals surface area contributed by atoms with Crippen molar-refractivity contribution in [3.05, 3.63) is 17.5 Å². The first-order valence-electron chi connectivity index (χ1n) is 4.64. The monoisotopic (exact) mass is 194 g/mol. The van der Waals surface area contributed by atoms with Gasteiger partial charge >= 0.3 is 0 Å². The van der Waals surface area contributed by atoms with Crippen LogP contribution < -0.4 is 11.1 Å². The van der Waals surface area contributed by atoms with Gasteiger partial charge in [0.15, 0.2) is 5.69 Å². The summed E-state index contributed by atoms with van der Waals surface area (Å²) in [7, 11) is 1.80. The Bertz CT molecular complexity index is 371. The zero-order valence-electron chi connectivity index (χ0n) is 8.32. The smallest absolute Gasteiger partial charge is 0.272 e. The second-order valence-electron chi connectivity index (χ2n) is 3.81. The average Bonchev–Trinajstić information content (AvgIpc) is 2.64. The molecule has 3 N–H and O–H groups in total. The summed E-state index contributed by atoms with van der Waals surface area (Å²) >= 11 is 0. The Balaban J connectivity index is 2.07. The van der Waals surface area contributed by atoms with E-state index in [0.717, 1.165) is 12.0 Å². The number of rotatable bonds is 2. The van der Waals surface area contributed by atoms with Gasteiger partial charge in [0.1, 0.15) is 0 Å². The second kappa shape index (κ2) is 3.09. The van der Waals surface area contributed by atoms with Crippen LogP contribution in [-0.4, -0.2) is 27.8 Å². The van der Waals surface area contributed by atoms with Gasteiger partial charge in [-0.1, -0.05) is 0 Å². The van der Waals surface area contributed by atoms with E-state index in [1.807, 2.05) is 13.1 Å². The van der Waals surface area contributed by atoms with Gasteiger partial charge in [0.2, 0.25) is 0 Å². The maximum Gasteiger partial charge on any atom is 0.272 e. The van der Waals surface area contributed by atoms with Crippen LogP contribution in [0.5, 0.6) is 0 Å². The van der Waals surface area contributed by atoms with Gasteiger partial charge in [-0.05, 0) is 13.3 Å². The van der Waals surface area contributed by atoms with Crippen LogP contribution >= 0.6 is 0 Å². The molecule has 1 aromatic heterocycles. The van der Waals surface area contributed by atoms with Crippen LogP contribution in [0.25, 0.3) is 0 Å². The van der Waals surface area contributed by atoms with Crippen LogP contribution in [0.2, 0.25) is 0 Å². The van der Waals surface area contributed by atoms with E-state index in [-0.39, 0.29) is 18.0 Å². The molecule has 0 radical (unpaired) electrons. The summed E-state index contributed by atoms with van der Waals surface area (Å²) in [6.07, 6.45) is 2.69. The molecule has 1 saturated carbocycles. The van der Waals surface area contributed by atoms with Gasteiger partial charge in [0.25, 0.3) is 5.91 Å². The first-order chi connectivity index (χ1) is 6.58. The predicted octanol–water partition coefficient (Wildman–Crippen LogP) is -0.442. The molecule has 1 aliphatic carbocycles. The highest BCUT2D eigenvalue weighted by Crippen LogP contribution is 2.18. The SMILES string of the molecule is Cc1cn(C)nc1C(=O)NC1CC1N. The normalized spacial score (nSPS) is 24.8. The van der Waals surface area contributed by atoms with E-state index in [1.165, 1.54) is 0 Å². The highest BCUT2D eigenvalue weighted by atomic mass is 16.2. The number of hydrogen-bond donors (Lipinski definition) is 2. The average molecular weight is 194 g/mol. The van der Waals surface area contributed by atoms with E-state index in [9.17, 15) is 4.79 Å². The Morgan fingerprint density at radius 3 is 2.86 bits per heavy atom. The molecule has 1 heterocycles. The minimum absolute atomic E-state index is 0.124. The van der Waals surface area contributed by atoms with Gasteiger partial charge in [0.05, 0.1) is 0 Å². The number of nitrogens with zero attached hydrogens (tertiary/aromatic N) is 2. The van der Waals surface area contributed by atoms with E-state index >= 15 is 0 Å². The van der Waals surface area contributed by atoms with Gasteiger partial charge in [-0.15, -0.1) is 0 Å². The zero-order valence-corrected chi connectivity index (χ0v) is 8.32. The van der Waals surface area contributed by atoms with E-state index in [4.69, 9.17) is 5.73 Å². The lowest BCUT2D eigenvalue weighted by molar-refractivity contribution is 0.0944. The van der Waals surface area contributed by atoms with Gasteiger partial charge < -0.3 is 11.1 Å². The van der Waals surface area contributed by atoms with Crippen molar-refractivity contribution in [1.82, 2.24) is 15.1 Å². The summed E-state index contributed by atoms with van der Waals surface area (Å²) in [6, 6.07) is 0.270. The Labute approximate surface area is 82.3 Å². The number of aromatic nitrogens is 2. The van der Waals surface area contributed by atoms with Crippen LogP contribution in [0.1, 0.15) is 22.5 Å². The van der Waals surface area contributed by atoms with Gasteiger partial charge in [0, 0.05) is 30.9 Å². The number of carbonyl (C=O) groups excluding carboxylic acids is 1. The molecular weight excluding hydrogens is 180 g/mol. The molecule has 0 aromatic carbocycles. The molecule has 0 spiro atoms. The molecule has 2 rings (SSSR count). The van der Waals surface area contributed by atoms with Crippen molar-refractivity contribution in [3.8, 4) is 0 Å². The lowest BCUT2D eigenvalue weighted by Gasteiger charge is -2.00. The summed E-state index contributed by atoms with van der Waals surface area (Å²) in [6.45, 7) is 1.87. The van der Waals surface area contributed by atoms with Crippen LogP contribution in [0.15, 0.2) is 6.20 Å². The molecule has 1 aromatic rings. The third kappa shape index (κ3) is 1.63. The van der Waals surface area contributed by atoms with Gasteiger partial charge in [-0.3, -0.25) is 9.48 Å². The standard InChI is InChI=1S/C9H14N4O/c1-5-4-13(2)12-8(5)9(14)11-7-3-6(7)10/h4,6-7H,3,10H2,1-2H3,(H,11,14). The number of amides is 1. The molecule has 14 heavy (non-hydrogen) atoms. The van der Waals surface area contributed by atoms with Crippen LogP contribution in [-0.2, 0) is 7.05 Å². The molecule has 1 fully saturated rings. The fourth-order valence-electron chi connectivity index (χ4n) is 1.45. The maximum absolute atomic E-state index is 11.6. The topological polar surface area (TPSA) is 72.9 Å². The second-order valence-corrected chi connectivity index (χ2v) is 3.81. The van der Waals surface area contributed by atoms with E-state index in [1.54, 1.807) is 11.7 Å². The van der Waals surface area contributed by atoms with Crippen molar-refractivity contribution in [2.24, 2.45) is 12.8 Å². The summed E-state index contributed by atoms with van der Waals surface area (Å²) in [5.41, 5.74) is 6.98. The Morgan fingerprint density at radius 2 is 2.43 bits per heavy atom. The van der Waals surface area contributed by atoms with Crippen molar-refractivity contribution in [1.29, 1.82) is 0 Å². The molecule has 0 saturated heterocycles. The minimum Gasteiger partial charge on any atom is -0.346 e. The molecule has 2 atom stereocenters. The molecule has 2 unspecified atom stereocenters. The first-order valence-corrected chi connectivity index (χ1v) is 4.64. The maximum atomic E-state index is 11.6. The molecule has 5 nitrogen and oxygen atoms in total. The highest BCUT2D eigenvalue weighted by molar-refractivity contribution is 5.94. The molecule has 0 aliphatic heterocycles. The Hall–Kier alpha value is -1.36. The van der Waals surface area contributed by atoms with Gasteiger partial charge in [-0.2, -0.15) is 5.10 Å². The van der Waals surface area contributed by atoms with Crippen LogP contribution in [0.3, 0.4) is 0 Å².